The van der Waals surface area contributed by atoms with E-state index < -0.39 is 0 Å². The Labute approximate surface area is 94.8 Å². The molecule has 5 heteroatoms. The van der Waals surface area contributed by atoms with Gasteiger partial charge in [-0.3, -0.25) is 9.89 Å². The fourth-order valence-electron chi connectivity index (χ4n) is 2.20. The molecule has 1 aromatic rings. The van der Waals surface area contributed by atoms with Crippen LogP contribution in [0.4, 0.5) is 5.82 Å². The molecule has 16 heavy (non-hydrogen) atoms. The molecule has 5 nitrogen and oxygen atoms in total. The van der Waals surface area contributed by atoms with Crippen LogP contribution in [0.1, 0.15) is 42.5 Å². The number of anilines is 1. The first-order chi connectivity index (χ1) is 7.77. The number of nitrogens with zero attached hydrogens (tertiary/aromatic N) is 1. The first-order valence-electron chi connectivity index (χ1n) is 5.84. The van der Waals surface area contributed by atoms with Gasteiger partial charge in [-0.15, -0.1) is 0 Å². The van der Waals surface area contributed by atoms with Gasteiger partial charge in [0.2, 0.25) is 0 Å². The summed E-state index contributed by atoms with van der Waals surface area (Å²) >= 11 is 0. The van der Waals surface area contributed by atoms with E-state index in [1.54, 1.807) is 0 Å². The van der Waals surface area contributed by atoms with Crippen LogP contribution in [0.2, 0.25) is 0 Å². The van der Waals surface area contributed by atoms with E-state index in [0.29, 0.717) is 17.3 Å². The van der Waals surface area contributed by atoms with Crippen molar-refractivity contribution in [1.82, 2.24) is 15.5 Å². The van der Waals surface area contributed by atoms with Gasteiger partial charge in [0.15, 0.2) is 0 Å². The van der Waals surface area contributed by atoms with Gasteiger partial charge in [-0.05, 0) is 18.8 Å². The maximum absolute atomic E-state index is 11.7. The smallest absolute Gasteiger partial charge is 0.256 e. The zero-order chi connectivity index (χ0) is 11.4. The topological polar surface area (TPSA) is 83.8 Å². The molecule has 0 aliphatic heterocycles. The van der Waals surface area contributed by atoms with E-state index >= 15 is 0 Å². The minimum atomic E-state index is -0.128. The Morgan fingerprint density at radius 3 is 2.88 bits per heavy atom. The quantitative estimate of drug-likeness (QED) is 0.720. The first kappa shape index (κ1) is 11.0. The van der Waals surface area contributed by atoms with E-state index in [0.717, 1.165) is 6.54 Å². The summed E-state index contributed by atoms with van der Waals surface area (Å²) < 4.78 is 0. The number of aromatic nitrogens is 2. The molecular formula is C11H18N4O. The molecule has 0 radical (unpaired) electrons. The number of hydrogen-bond acceptors (Lipinski definition) is 3. The Bertz CT molecular complexity index is 355. The van der Waals surface area contributed by atoms with Gasteiger partial charge in [0, 0.05) is 6.54 Å². The third-order valence-electron chi connectivity index (χ3n) is 3.19. The molecule has 88 valence electrons. The summed E-state index contributed by atoms with van der Waals surface area (Å²) in [6.45, 7) is 0.753. The number of nitrogen functional groups attached to an aromatic ring is 1. The highest BCUT2D eigenvalue weighted by Crippen LogP contribution is 2.22. The maximum Gasteiger partial charge on any atom is 0.256 e. The van der Waals surface area contributed by atoms with E-state index in [2.05, 4.69) is 15.5 Å². The summed E-state index contributed by atoms with van der Waals surface area (Å²) in [5.74, 6) is 0.837. The van der Waals surface area contributed by atoms with Crippen molar-refractivity contribution < 1.29 is 4.79 Å². The predicted molar refractivity (Wildman–Crippen MR) is 61.9 cm³/mol. The number of nitrogens with two attached hydrogens (primary N) is 1. The van der Waals surface area contributed by atoms with Gasteiger partial charge in [-0.2, -0.15) is 5.10 Å². The molecule has 2 rings (SSSR count). The highest BCUT2D eigenvalue weighted by Gasteiger charge is 2.16. The summed E-state index contributed by atoms with van der Waals surface area (Å²) in [5.41, 5.74) is 6.01. The van der Waals surface area contributed by atoms with Crippen LogP contribution < -0.4 is 11.1 Å². The van der Waals surface area contributed by atoms with Crippen molar-refractivity contribution in [2.24, 2.45) is 5.92 Å². The van der Waals surface area contributed by atoms with Crippen molar-refractivity contribution in [3.05, 3.63) is 11.8 Å². The lowest BCUT2D eigenvalue weighted by Gasteiger charge is -2.21. The average molecular weight is 222 g/mol. The second-order valence-electron chi connectivity index (χ2n) is 4.41. The van der Waals surface area contributed by atoms with E-state index in [1.165, 1.54) is 38.3 Å². The number of carbonyl (C=O) groups excluding carboxylic acids is 1. The molecule has 1 saturated carbocycles. The normalized spacial score (nSPS) is 17.2. The van der Waals surface area contributed by atoms with Gasteiger partial charge in [-0.25, -0.2) is 0 Å². The van der Waals surface area contributed by atoms with Crippen molar-refractivity contribution in [2.75, 3.05) is 12.3 Å². The third kappa shape index (κ3) is 2.53. The van der Waals surface area contributed by atoms with Crippen LogP contribution in [0.25, 0.3) is 0 Å². The van der Waals surface area contributed by atoms with E-state index in [-0.39, 0.29) is 5.91 Å². The van der Waals surface area contributed by atoms with Gasteiger partial charge in [-0.1, -0.05) is 19.3 Å². The van der Waals surface area contributed by atoms with Gasteiger partial charge >= 0.3 is 0 Å². The minimum absolute atomic E-state index is 0.128. The molecule has 1 aliphatic carbocycles. The van der Waals surface area contributed by atoms with Crippen molar-refractivity contribution in [1.29, 1.82) is 0 Å². The average Bonchev–Trinajstić information content (AvgIpc) is 2.74. The third-order valence-corrected chi connectivity index (χ3v) is 3.19. The largest absolute Gasteiger partial charge is 0.383 e. The molecule has 1 amide bonds. The standard InChI is InChI=1S/C11H18N4O/c12-10-9(7-14-15-10)11(16)13-6-8-4-2-1-3-5-8/h7-8H,1-6H2,(H,13,16)(H3,12,14,15). The predicted octanol–water partition coefficient (Wildman–Crippen LogP) is 1.30. The van der Waals surface area contributed by atoms with Gasteiger partial charge < -0.3 is 11.1 Å². The molecule has 0 saturated heterocycles. The molecular weight excluding hydrogens is 204 g/mol. The Balaban J connectivity index is 1.81. The molecule has 1 fully saturated rings. The van der Waals surface area contributed by atoms with Crippen LogP contribution in [0.5, 0.6) is 0 Å². The summed E-state index contributed by atoms with van der Waals surface area (Å²) in [5, 5.41) is 9.20. The van der Waals surface area contributed by atoms with Crippen LogP contribution in [0.15, 0.2) is 6.20 Å². The van der Waals surface area contributed by atoms with Crippen LogP contribution in [0, 0.1) is 5.92 Å². The monoisotopic (exact) mass is 222 g/mol. The summed E-state index contributed by atoms with van der Waals surface area (Å²) in [6.07, 6.45) is 7.82. The van der Waals surface area contributed by atoms with Gasteiger partial charge in [0.1, 0.15) is 11.4 Å². The Morgan fingerprint density at radius 1 is 1.50 bits per heavy atom. The number of amides is 1. The molecule has 0 bridgehead atoms. The second-order valence-corrected chi connectivity index (χ2v) is 4.41. The van der Waals surface area contributed by atoms with Crippen LogP contribution in [-0.2, 0) is 0 Å². The lowest BCUT2D eigenvalue weighted by molar-refractivity contribution is 0.0944. The molecule has 1 aliphatic rings. The van der Waals surface area contributed by atoms with Crippen molar-refractivity contribution in [3.8, 4) is 0 Å². The number of nitrogens with one attached hydrogen (secondary N) is 2. The Morgan fingerprint density at radius 2 is 2.25 bits per heavy atom. The van der Waals surface area contributed by atoms with Crippen molar-refractivity contribution in [3.63, 3.8) is 0 Å². The molecule has 0 spiro atoms. The number of aromatic amines is 1. The summed E-state index contributed by atoms with van der Waals surface area (Å²) in [7, 11) is 0. The number of H-pyrrole nitrogens is 1. The number of hydrogen-bond donors (Lipinski definition) is 3. The molecule has 0 atom stereocenters. The van der Waals surface area contributed by atoms with Crippen molar-refractivity contribution >= 4 is 11.7 Å². The SMILES string of the molecule is Nc1[nH]ncc1C(=O)NCC1CCCCC1. The molecule has 0 aromatic carbocycles. The zero-order valence-corrected chi connectivity index (χ0v) is 9.33. The van der Waals surface area contributed by atoms with Crippen LogP contribution in [0.3, 0.4) is 0 Å². The molecule has 1 aromatic heterocycles. The van der Waals surface area contributed by atoms with Crippen LogP contribution >= 0.6 is 0 Å². The number of carbonyl (C=O) groups is 1. The van der Waals surface area contributed by atoms with E-state index in [4.69, 9.17) is 5.73 Å². The number of rotatable bonds is 3. The lowest BCUT2D eigenvalue weighted by atomic mass is 9.89. The summed E-state index contributed by atoms with van der Waals surface area (Å²) in [4.78, 5) is 11.7. The van der Waals surface area contributed by atoms with Crippen molar-refractivity contribution in [2.45, 2.75) is 32.1 Å². The Hall–Kier alpha value is -1.52. The Kier molecular flexibility index (Phi) is 3.44. The first-order valence-corrected chi connectivity index (χ1v) is 5.84. The van der Waals surface area contributed by atoms with Crippen LogP contribution in [-0.4, -0.2) is 22.6 Å². The highest BCUT2D eigenvalue weighted by atomic mass is 16.1. The zero-order valence-electron chi connectivity index (χ0n) is 9.33. The highest BCUT2D eigenvalue weighted by molar-refractivity contribution is 5.98. The molecule has 4 N–H and O–H groups in total. The fraction of sp³-hybridized carbons (Fsp3) is 0.636. The van der Waals surface area contributed by atoms with E-state index in [1.807, 2.05) is 0 Å². The van der Waals surface area contributed by atoms with E-state index in [9.17, 15) is 4.79 Å². The minimum Gasteiger partial charge on any atom is -0.383 e. The molecule has 0 unspecified atom stereocenters. The fourth-order valence-corrected chi connectivity index (χ4v) is 2.20. The second kappa shape index (κ2) is 5.01. The maximum atomic E-state index is 11.7. The lowest BCUT2D eigenvalue weighted by Crippen LogP contribution is -2.30. The summed E-state index contributed by atoms with van der Waals surface area (Å²) in [6, 6.07) is 0. The van der Waals surface area contributed by atoms with Gasteiger partial charge in [0.05, 0.1) is 6.20 Å². The molecule has 1 heterocycles. The van der Waals surface area contributed by atoms with Gasteiger partial charge in [0.25, 0.3) is 5.91 Å².